The number of fused-ring (bicyclic) bond motifs is 1. The van der Waals surface area contributed by atoms with E-state index < -0.39 is 0 Å². The quantitative estimate of drug-likeness (QED) is 0.847. The summed E-state index contributed by atoms with van der Waals surface area (Å²) in [6.45, 7) is 5.59. The van der Waals surface area contributed by atoms with Crippen LogP contribution in [0.3, 0.4) is 0 Å². The molecule has 3 rings (SSSR count). The standard InChI is InChI=1S/C15H19N3O/c1-11-4-3-5-13-12(11)10-14(16-13)15(19)18-8-6-17(2)7-9-18/h3-5,10,16H,6-9H2,1-2H3. The molecular formula is C15H19N3O. The predicted molar refractivity (Wildman–Crippen MR) is 76.4 cm³/mol. The number of piperazine rings is 1. The number of H-pyrrole nitrogens is 1. The van der Waals surface area contributed by atoms with Gasteiger partial charge in [-0.1, -0.05) is 12.1 Å². The van der Waals surface area contributed by atoms with Crippen LogP contribution in [-0.4, -0.2) is 53.9 Å². The number of nitrogens with zero attached hydrogens (tertiary/aromatic N) is 2. The molecule has 1 saturated heterocycles. The van der Waals surface area contributed by atoms with Gasteiger partial charge in [-0.05, 0) is 31.7 Å². The number of benzene rings is 1. The van der Waals surface area contributed by atoms with Crippen molar-refractivity contribution in [1.82, 2.24) is 14.8 Å². The van der Waals surface area contributed by atoms with Gasteiger partial charge in [0, 0.05) is 37.1 Å². The molecule has 1 aliphatic rings. The molecule has 0 unspecified atom stereocenters. The zero-order valence-corrected chi connectivity index (χ0v) is 11.4. The third-order valence-electron chi connectivity index (χ3n) is 3.90. The zero-order valence-electron chi connectivity index (χ0n) is 11.4. The summed E-state index contributed by atoms with van der Waals surface area (Å²) in [5.41, 5.74) is 2.94. The van der Waals surface area contributed by atoms with Crippen molar-refractivity contribution in [2.24, 2.45) is 0 Å². The minimum atomic E-state index is 0.115. The molecule has 1 aromatic heterocycles. The van der Waals surface area contributed by atoms with Crippen molar-refractivity contribution in [3.8, 4) is 0 Å². The van der Waals surface area contributed by atoms with Crippen LogP contribution in [0.1, 0.15) is 16.1 Å². The lowest BCUT2D eigenvalue weighted by molar-refractivity contribution is 0.0659. The van der Waals surface area contributed by atoms with Crippen LogP contribution in [0.15, 0.2) is 24.3 Å². The van der Waals surface area contributed by atoms with Crippen molar-refractivity contribution in [3.05, 3.63) is 35.5 Å². The van der Waals surface area contributed by atoms with Gasteiger partial charge in [0.15, 0.2) is 0 Å². The van der Waals surface area contributed by atoms with E-state index in [1.54, 1.807) is 0 Å². The first-order valence-corrected chi connectivity index (χ1v) is 6.71. The van der Waals surface area contributed by atoms with Gasteiger partial charge in [0.2, 0.25) is 0 Å². The lowest BCUT2D eigenvalue weighted by Gasteiger charge is -2.32. The molecule has 2 aromatic rings. The first kappa shape index (κ1) is 12.2. The maximum Gasteiger partial charge on any atom is 0.270 e. The number of hydrogen-bond acceptors (Lipinski definition) is 2. The Kier molecular flexibility index (Phi) is 3.03. The number of amides is 1. The Morgan fingerprint density at radius 3 is 2.63 bits per heavy atom. The maximum absolute atomic E-state index is 12.5. The zero-order chi connectivity index (χ0) is 13.4. The summed E-state index contributed by atoms with van der Waals surface area (Å²) in [5, 5.41) is 1.14. The molecule has 100 valence electrons. The van der Waals surface area contributed by atoms with Crippen molar-refractivity contribution in [3.63, 3.8) is 0 Å². The number of nitrogens with one attached hydrogen (secondary N) is 1. The molecule has 19 heavy (non-hydrogen) atoms. The summed E-state index contributed by atoms with van der Waals surface area (Å²) in [5.74, 6) is 0.115. The van der Waals surface area contributed by atoms with Gasteiger partial charge in [-0.3, -0.25) is 4.79 Å². The summed E-state index contributed by atoms with van der Waals surface area (Å²) in [6, 6.07) is 8.08. The molecule has 1 N–H and O–H groups in total. The van der Waals surface area contributed by atoms with Crippen molar-refractivity contribution in [2.45, 2.75) is 6.92 Å². The number of hydrogen-bond donors (Lipinski definition) is 1. The van der Waals surface area contributed by atoms with Crippen LogP contribution in [0.5, 0.6) is 0 Å². The van der Waals surface area contributed by atoms with Gasteiger partial charge in [0.1, 0.15) is 5.69 Å². The third kappa shape index (κ3) is 2.24. The van der Waals surface area contributed by atoms with Gasteiger partial charge in [-0.15, -0.1) is 0 Å². The normalized spacial score (nSPS) is 17.1. The fourth-order valence-electron chi connectivity index (χ4n) is 2.60. The van der Waals surface area contributed by atoms with E-state index in [1.807, 2.05) is 23.1 Å². The smallest absolute Gasteiger partial charge is 0.270 e. The average Bonchev–Trinajstić information content (AvgIpc) is 2.84. The first-order valence-electron chi connectivity index (χ1n) is 6.71. The van der Waals surface area contributed by atoms with Crippen LogP contribution in [0.25, 0.3) is 10.9 Å². The van der Waals surface area contributed by atoms with Crippen molar-refractivity contribution < 1.29 is 4.79 Å². The van der Waals surface area contributed by atoms with E-state index in [-0.39, 0.29) is 5.91 Å². The number of rotatable bonds is 1. The van der Waals surface area contributed by atoms with Gasteiger partial charge in [-0.2, -0.15) is 0 Å². The van der Waals surface area contributed by atoms with Crippen LogP contribution < -0.4 is 0 Å². The molecule has 0 atom stereocenters. The fraction of sp³-hybridized carbons (Fsp3) is 0.400. The lowest BCUT2D eigenvalue weighted by Crippen LogP contribution is -2.47. The predicted octanol–water partition coefficient (Wildman–Crippen LogP) is 1.86. The second kappa shape index (κ2) is 4.70. The number of aryl methyl sites for hydroxylation is 1. The molecule has 0 saturated carbocycles. The summed E-state index contributed by atoms with van der Waals surface area (Å²) < 4.78 is 0. The van der Waals surface area contributed by atoms with Gasteiger partial charge in [0.05, 0.1) is 0 Å². The second-order valence-corrected chi connectivity index (χ2v) is 5.31. The van der Waals surface area contributed by atoms with E-state index in [0.717, 1.165) is 37.1 Å². The van der Waals surface area contributed by atoms with E-state index in [2.05, 4.69) is 29.9 Å². The van der Waals surface area contributed by atoms with E-state index in [4.69, 9.17) is 0 Å². The highest BCUT2D eigenvalue weighted by Crippen LogP contribution is 2.20. The summed E-state index contributed by atoms with van der Waals surface area (Å²) >= 11 is 0. The van der Waals surface area contributed by atoms with E-state index >= 15 is 0 Å². The monoisotopic (exact) mass is 257 g/mol. The van der Waals surface area contributed by atoms with Crippen LogP contribution in [0.4, 0.5) is 0 Å². The number of aromatic nitrogens is 1. The number of carbonyl (C=O) groups excluding carboxylic acids is 1. The van der Waals surface area contributed by atoms with Crippen molar-refractivity contribution >= 4 is 16.8 Å². The van der Waals surface area contributed by atoms with Crippen LogP contribution in [0.2, 0.25) is 0 Å². The molecule has 4 nitrogen and oxygen atoms in total. The molecule has 2 heterocycles. The Bertz CT molecular complexity index is 609. The summed E-state index contributed by atoms with van der Waals surface area (Å²) in [6.07, 6.45) is 0. The first-order chi connectivity index (χ1) is 9.15. The minimum Gasteiger partial charge on any atom is -0.351 e. The summed E-state index contributed by atoms with van der Waals surface area (Å²) in [7, 11) is 2.09. The van der Waals surface area contributed by atoms with Crippen molar-refractivity contribution in [2.75, 3.05) is 33.2 Å². The Morgan fingerprint density at radius 2 is 1.95 bits per heavy atom. The fourth-order valence-corrected chi connectivity index (χ4v) is 2.60. The van der Waals surface area contributed by atoms with Gasteiger partial charge in [-0.25, -0.2) is 0 Å². The third-order valence-corrected chi connectivity index (χ3v) is 3.90. The number of aromatic amines is 1. The highest BCUT2D eigenvalue weighted by molar-refractivity contribution is 5.98. The van der Waals surface area contributed by atoms with Gasteiger partial charge < -0.3 is 14.8 Å². The van der Waals surface area contributed by atoms with Gasteiger partial charge in [0.25, 0.3) is 5.91 Å². The highest BCUT2D eigenvalue weighted by atomic mass is 16.2. The Morgan fingerprint density at radius 1 is 1.21 bits per heavy atom. The average molecular weight is 257 g/mol. The molecular weight excluding hydrogens is 238 g/mol. The molecule has 0 radical (unpaired) electrons. The molecule has 1 fully saturated rings. The SMILES string of the molecule is Cc1cccc2[nH]c(C(=O)N3CCN(C)CC3)cc12. The molecule has 1 amide bonds. The molecule has 0 spiro atoms. The van der Waals surface area contributed by atoms with Gasteiger partial charge >= 0.3 is 0 Å². The molecule has 0 bridgehead atoms. The maximum atomic E-state index is 12.5. The van der Waals surface area contributed by atoms with E-state index in [0.29, 0.717) is 5.69 Å². The van der Waals surface area contributed by atoms with Crippen LogP contribution in [-0.2, 0) is 0 Å². The Labute approximate surface area is 113 Å². The Hall–Kier alpha value is -1.81. The Balaban J connectivity index is 1.87. The lowest BCUT2D eigenvalue weighted by atomic mass is 10.1. The van der Waals surface area contributed by atoms with Crippen LogP contribution in [0, 0.1) is 6.92 Å². The molecule has 1 aliphatic heterocycles. The summed E-state index contributed by atoms with van der Waals surface area (Å²) in [4.78, 5) is 19.9. The molecule has 0 aliphatic carbocycles. The van der Waals surface area contributed by atoms with Crippen molar-refractivity contribution in [1.29, 1.82) is 0 Å². The second-order valence-electron chi connectivity index (χ2n) is 5.31. The van der Waals surface area contributed by atoms with E-state index in [1.165, 1.54) is 5.56 Å². The molecule has 4 heteroatoms. The minimum absolute atomic E-state index is 0.115. The number of carbonyl (C=O) groups is 1. The highest BCUT2D eigenvalue weighted by Gasteiger charge is 2.21. The topological polar surface area (TPSA) is 39.3 Å². The van der Waals surface area contributed by atoms with E-state index in [9.17, 15) is 4.79 Å². The largest absolute Gasteiger partial charge is 0.351 e. The number of likely N-dealkylation sites (N-methyl/N-ethyl adjacent to an activating group) is 1. The molecule has 1 aromatic carbocycles. The van der Waals surface area contributed by atoms with Crippen LogP contribution >= 0.6 is 0 Å².